The Labute approximate surface area is 74.7 Å². The standard InChI is InChI=1S/C10H18NO/c1-2-4-9(5-3-1)10-8-12-7-6-11-10/h9-10H,1-8H2. The van der Waals surface area contributed by atoms with E-state index in [-0.39, 0.29) is 0 Å². The van der Waals surface area contributed by atoms with Crippen LogP contribution in [0.2, 0.25) is 0 Å². The van der Waals surface area contributed by atoms with Crippen molar-refractivity contribution < 1.29 is 4.74 Å². The van der Waals surface area contributed by atoms with Crippen molar-refractivity contribution in [2.45, 2.75) is 38.1 Å². The van der Waals surface area contributed by atoms with E-state index < -0.39 is 0 Å². The molecule has 0 spiro atoms. The fraction of sp³-hybridized carbons (Fsp3) is 1.00. The number of morpholine rings is 1. The highest BCUT2D eigenvalue weighted by Gasteiger charge is 2.25. The number of rotatable bonds is 1. The summed E-state index contributed by atoms with van der Waals surface area (Å²) in [5.74, 6) is 0.846. The van der Waals surface area contributed by atoms with Crippen LogP contribution in [0.1, 0.15) is 32.1 Å². The van der Waals surface area contributed by atoms with Crippen molar-refractivity contribution in [3.8, 4) is 0 Å². The zero-order chi connectivity index (χ0) is 8.23. The van der Waals surface area contributed by atoms with E-state index in [1.165, 1.54) is 32.1 Å². The van der Waals surface area contributed by atoms with Crippen molar-refractivity contribution in [3.63, 3.8) is 0 Å². The van der Waals surface area contributed by atoms with Crippen LogP contribution in [0.15, 0.2) is 0 Å². The van der Waals surface area contributed by atoms with Crippen LogP contribution in [0, 0.1) is 5.92 Å². The molecule has 1 unspecified atom stereocenters. The van der Waals surface area contributed by atoms with Crippen LogP contribution in [0.25, 0.3) is 0 Å². The fourth-order valence-electron chi connectivity index (χ4n) is 2.34. The highest BCUT2D eigenvalue weighted by Crippen LogP contribution is 2.27. The summed E-state index contributed by atoms with van der Waals surface area (Å²) in [5.41, 5.74) is 0. The minimum Gasteiger partial charge on any atom is -0.378 e. The maximum atomic E-state index is 5.44. The highest BCUT2D eigenvalue weighted by atomic mass is 16.5. The van der Waals surface area contributed by atoms with E-state index in [4.69, 9.17) is 4.74 Å². The summed E-state index contributed by atoms with van der Waals surface area (Å²) >= 11 is 0. The Bertz CT molecular complexity index is 110. The molecule has 0 aromatic carbocycles. The van der Waals surface area contributed by atoms with Gasteiger partial charge >= 0.3 is 0 Å². The van der Waals surface area contributed by atoms with Crippen LogP contribution < -0.4 is 5.32 Å². The molecule has 0 bridgehead atoms. The summed E-state index contributed by atoms with van der Waals surface area (Å²) < 4.78 is 5.44. The van der Waals surface area contributed by atoms with Crippen LogP contribution in [0.5, 0.6) is 0 Å². The van der Waals surface area contributed by atoms with E-state index in [0.717, 1.165) is 25.7 Å². The van der Waals surface area contributed by atoms with Gasteiger partial charge in [0.05, 0.1) is 19.3 Å². The van der Waals surface area contributed by atoms with Crippen LogP contribution in [-0.4, -0.2) is 25.8 Å². The third-order valence-corrected chi connectivity index (χ3v) is 3.08. The first-order chi connectivity index (χ1) is 5.97. The molecule has 0 N–H and O–H groups in total. The monoisotopic (exact) mass is 168 g/mol. The van der Waals surface area contributed by atoms with Gasteiger partial charge in [-0.1, -0.05) is 19.3 Å². The predicted octanol–water partition coefficient (Wildman–Crippen LogP) is 1.57. The number of ether oxygens (including phenoxy) is 1. The van der Waals surface area contributed by atoms with E-state index in [0.29, 0.717) is 6.04 Å². The van der Waals surface area contributed by atoms with E-state index >= 15 is 0 Å². The predicted molar refractivity (Wildman–Crippen MR) is 48.2 cm³/mol. The fourth-order valence-corrected chi connectivity index (χ4v) is 2.34. The second-order valence-corrected chi connectivity index (χ2v) is 3.95. The summed E-state index contributed by atoms with van der Waals surface area (Å²) in [4.78, 5) is 0. The van der Waals surface area contributed by atoms with Gasteiger partial charge in [0.15, 0.2) is 0 Å². The highest BCUT2D eigenvalue weighted by molar-refractivity contribution is 4.80. The molecule has 1 heterocycles. The molecule has 2 heteroatoms. The van der Waals surface area contributed by atoms with Crippen LogP contribution in [0.3, 0.4) is 0 Å². The molecule has 1 saturated heterocycles. The zero-order valence-corrected chi connectivity index (χ0v) is 7.67. The molecule has 1 aliphatic heterocycles. The van der Waals surface area contributed by atoms with Crippen molar-refractivity contribution in [2.75, 3.05) is 19.8 Å². The molecule has 12 heavy (non-hydrogen) atoms. The number of hydrogen-bond acceptors (Lipinski definition) is 1. The number of hydrogen-bond donors (Lipinski definition) is 0. The van der Waals surface area contributed by atoms with Crippen molar-refractivity contribution in [3.05, 3.63) is 0 Å². The molecular formula is C10H18NO. The van der Waals surface area contributed by atoms with E-state index in [2.05, 4.69) is 5.32 Å². The van der Waals surface area contributed by atoms with Gasteiger partial charge in [0.2, 0.25) is 0 Å². The molecule has 2 aliphatic rings. The molecule has 2 nitrogen and oxygen atoms in total. The topological polar surface area (TPSA) is 23.3 Å². The molecule has 2 rings (SSSR count). The van der Waals surface area contributed by atoms with Crippen molar-refractivity contribution in [1.29, 1.82) is 0 Å². The maximum absolute atomic E-state index is 5.44. The van der Waals surface area contributed by atoms with Gasteiger partial charge in [-0.25, -0.2) is 5.32 Å². The summed E-state index contributed by atoms with van der Waals surface area (Å²) in [6.45, 7) is 2.68. The van der Waals surface area contributed by atoms with Gasteiger partial charge in [0, 0.05) is 6.54 Å². The van der Waals surface area contributed by atoms with Crippen molar-refractivity contribution >= 4 is 0 Å². The zero-order valence-electron chi connectivity index (χ0n) is 7.67. The lowest BCUT2D eigenvalue weighted by molar-refractivity contribution is 0.0464. The molecule has 0 aromatic rings. The van der Waals surface area contributed by atoms with Gasteiger partial charge in [0.25, 0.3) is 0 Å². The normalized spacial score (nSPS) is 33.5. The van der Waals surface area contributed by atoms with Crippen LogP contribution >= 0.6 is 0 Å². The van der Waals surface area contributed by atoms with E-state index in [1.807, 2.05) is 0 Å². The second kappa shape index (κ2) is 4.24. The first-order valence-corrected chi connectivity index (χ1v) is 5.21. The van der Waals surface area contributed by atoms with Gasteiger partial charge < -0.3 is 4.74 Å². The van der Waals surface area contributed by atoms with Crippen LogP contribution in [0.4, 0.5) is 0 Å². The first kappa shape index (κ1) is 8.52. The summed E-state index contributed by atoms with van der Waals surface area (Å²) in [5, 5.41) is 4.63. The lowest BCUT2D eigenvalue weighted by Gasteiger charge is -2.32. The smallest absolute Gasteiger partial charge is 0.0639 e. The molecule has 1 radical (unpaired) electrons. The summed E-state index contributed by atoms with van der Waals surface area (Å²) in [6, 6.07) is 0.541. The SMILES string of the molecule is C1CCC(C2COCC[N]2)CC1. The largest absolute Gasteiger partial charge is 0.378 e. The van der Waals surface area contributed by atoms with Crippen LogP contribution in [-0.2, 0) is 4.74 Å². The maximum Gasteiger partial charge on any atom is 0.0639 e. The Kier molecular flexibility index (Phi) is 3.01. The molecular weight excluding hydrogens is 150 g/mol. The number of nitrogens with zero attached hydrogens (tertiary/aromatic N) is 1. The minimum absolute atomic E-state index is 0.541. The third-order valence-electron chi connectivity index (χ3n) is 3.08. The summed E-state index contributed by atoms with van der Waals surface area (Å²) in [6.07, 6.45) is 7.03. The molecule has 2 fully saturated rings. The van der Waals surface area contributed by atoms with Gasteiger partial charge in [-0.3, -0.25) is 0 Å². The Morgan fingerprint density at radius 3 is 2.58 bits per heavy atom. The molecule has 1 atom stereocenters. The van der Waals surface area contributed by atoms with Gasteiger partial charge in [-0.05, 0) is 18.8 Å². The average Bonchev–Trinajstić information content (AvgIpc) is 2.21. The lowest BCUT2D eigenvalue weighted by atomic mass is 9.84. The quantitative estimate of drug-likeness (QED) is 0.583. The molecule has 1 saturated carbocycles. The van der Waals surface area contributed by atoms with E-state index in [9.17, 15) is 0 Å². The average molecular weight is 168 g/mol. The Morgan fingerprint density at radius 2 is 1.92 bits per heavy atom. The molecule has 0 amide bonds. The van der Waals surface area contributed by atoms with Crippen molar-refractivity contribution in [2.24, 2.45) is 5.92 Å². The third kappa shape index (κ3) is 1.99. The second-order valence-electron chi connectivity index (χ2n) is 3.95. The lowest BCUT2D eigenvalue weighted by Crippen LogP contribution is -2.41. The molecule has 69 valence electrons. The molecule has 1 aliphatic carbocycles. The summed E-state index contributed by atoms with van der Waals surface area (Å²) in [7, 11) is 0. The Balaban J connectivity index is 1.80. The van der Waals surface area contributed by atoms with Gasteiger partial charge in [-0.2, -0.15) is 0 Å². The Morgan fingerprint density at radius 1 is 1.08 bits per heavy atom. The molecule has 0 aromatic heterocycles. The minimum atomic E-state index is 0.541. The van der Waals surface area contributed by atoms with Crippen molar-refractivity contribution in [1.82, 2.24) is 5.32 Å². The van der Waals surface area contributed by atoms with Gasteiger partial charge in [-0.15, -0.1) is 0 Å². The first-order valence-electron chi connectivity index (χ1n) is 5.21. The van der Waals surface area contributed by atoms with E-state index in [1.54, 1.807) is 0 Å². The van der Waals surface area contributed by atoms with Gasteiger partial charge in [0.1, 0.15) is 0 Å². The Hall–Kier alpha value is -0.0800.